The Balaban J connectivity index is 2.33. The van der Waals surface area contributed by atoms with Crippen molar-refractivity contribution in [3.8, 4) is 22.6 Å². The van der Waals surface area contributed by atoms with Gasteiger partial charge in [0.15, 0.2) is 0 Å². The van der Waals surface area contributed by atoms with Gasteiger partial charge in [0.1, 0.15) is 17.3 Å². The summed E-state index contributed by atoms with van der Waals surface area (Å²) in [7, 11) is 3.24. The van der Waals surface area contributed by atoms with Gasteiger partial charge in [-0.2, -0.15) is 0 Å². The Labute approximate surface area is 159 Å². The van der Waals surface area contributed by atoms with Gasteiger partial charge in [0, 0.05) is 6.54 Å². The van der Waals surface area contributed by atoms with E-state index in [0.29, 0.717) is 29.3 Å². The standard InChI is InChI=1S/C22H26FNO3/c1-6-8-14-10-17(26-4)21(18(11-14)27-5)20-13(3)9-16(23)22-15(20)12-19(25)24(22)7-2/h9-11H,6-8,12H2,1-5H3. The van der Waals surface area contributed by atoms with E-state index in [-0.39, 0.29) is 18.1 Å². The lowest BCUT2D eigenvalue weighted by atomic mass is 9.90. The van der Waals surface area contributed by atoms with Crippen LogP contribution < -0.4 is 14.4 Å². The lowest BCUT2D eigenvalue weighted by Crippen LogP contribution is -2.26. The van der Waals surface area contributed by atoms with E-state index < -0.39 is 0 Å². The second kappa shape index (κ2) is 7.59. The van der Waals surface area contributed by atoms with Crippen LogP contribution in [0.15, 0.2) is 18.2 Å². The zero-order chi connectivity index (χ0) is 19.7. The van der Waals surface area contributed by atoms with Gasteiger partial charge in [-0.05, 0) is 60.7 Å². The smallest absolute Gasteiger partial charge is 0.231 e. The molecule has 0 aliphatic carbocycles. The molecule has 1 heterocycles. The normalized spacial score (nSPS) is 13.1. The highest BCUT2D eigenvalue weighted by Crippen LogP contribution is 2.47. The molecule has 27 heavy (non-hydrogen) atoms. The average Bonchev–Trinajstić information content (AvgIpc) is 2.98. The number of carbonyl (C=O) groups is 1. The number of benzene rings is 2. The summed E-state index contributed by atoms with van der Waals surface area (Å²) in [6, 6.07) is 5.50. The fraction of sp³-hybridized carbons (Fsp3) is 0.409. The first-order valence-electron chi connectivity index (χ1n) is 9.34. The van der Waals surface area contributed by atoms with Crippen LogP contribution in [0.4, 0.5) is 10.1 Å². The van der Waals surface area contributed by atoms with Crippen LogP contribution in [0, 0.1) is 12.7 Å². The first kappa shape index (κ1) is 19.2. The number of methoxy groups -OCH3 is 2. The lowest BCUT2D eigenvalue weighted by Gasteiger charge is -2.21. The van der Waals surface area contributed by atoms with Crippen molar-refractivity contribution in [3.63, 3.8) is 0 Å². The van der Waals surface area contributed by atoms with Gasteiger partial charge in [0.2, 0.25) is 5.91 Å². The van der Waals surface area contributed by atoms with E-state index in [1.165, 1.54) is 11.0 Å². The van der Waals surface area contributed by atoms with Gasteiger partial charge >= 0.3 is 0 Å². The molecule has 2 aromatic carbocycles. The molecular formula is C22H26FNO3. The van der Waals surface area contributed by atoms with E-state index in [9.17, 15) is 9.18 Å². The third-order valence-corrected chi connectivity index (χ3v) is 5.12. The fourth-order valence-electron chi connectivity index (χ4n) is 3.99. The topological polar surface area (TPSA) is 38.8 Å². The Morgan fingerprint density at radius 3 is 2.22 bits per heavy atom. The molecule has 0 aromatic heterocycles. The second-order valence-electron chi connectivity index (χ2n) is 6.82. The van der Waals surface area contributed by atoms with Crippen molar-refractivity contribution in [2.24, 2.45) is 0 Å². The lowest BCUT2D eigenvalue weighted by molar-refractivity contribution is -0.117. The number of ether oxygens (including phenoxy) is 2. The van der Waals surface area contributed by atoms with Crippen LogP contribution in [-0.4, -0.2) is 26.7 Å². The maximum absolute atomic E-state index is 14.7. The van der Waals surface area contributed by atoms with Gasteiger partial charge in [-0.15, -0.1) is 0 Å². The molecule has 0 spiro atoms. The van der Waals surface area contributed by atoms with E-state index >= 15 is 0 Å². The maximum atomic E-state index is 14.7. The molecule has 0 atom stereocenters. The van der Waals surface area contributed by atoms with Crippen molar-refractivity contribution >= 4 is 11.6 Å². The fourth-order valence-corrected chi connectivity index (χ4v) is 3.99. The van der Waals surface area contributed by atoms with Gasteiger partial charge in [-0.1, -0.05) is 13.3 Å². The van der Waals surface area contributed by atoms with Crippen molar-refractivity contribution < 1.29 is 18.7 Å². The number of aryl methyl sites for hydroxylation is 2. The van der Waals surface area contributed by atoms with Gasteiger partial charge < -0.3 is 14.4 Å². The largest absolute Gasteiger partial charge is 0.496 e. The number of halogens is 1. The maximum Gasteiger partial charge on any atom is 0.231 e. The first-order chi connectivity index (χ1) is 13.0. The van der Waals surface area contributed by atoms with Crippen molar-refractivity contribution in [1.29, 1.82) is 0 Å². The molecule has 5 heteroatoms. The molecule has 1 aliphatic heterocycles. The summed E-state index contributed by atoms with van der Waals surface area (Å²) < 4.78 is 26.1. The number of hydrogen-bond acceptors (Lipinski definition) is 3. The van der Waals surface area contributed by atoms with Crippen molar-refractivity contribution in [2.45, 2.75) is 40.0 Å². The van der Waals surface area contributed by atoms with E-state index in [0.717, 1.165) is 35.1 Å². The molecule has 0 bridgehead atoms. The first-order valence-corrected chi connectivity index (χ1v) is 9.34. The number of nitrogens with zero attached hydrogens (tertiary/aromatic N) is 1. The van der Waals surface area contributed by atoms with Crippen molar-refractivity contribution in [3.05, 3.63) is 40.7 Å². The van der Waals surface area contributed by atoms with E-state index in [1.54, 1.807) is 14.2 Å². The Bertz CT molecular complexity index is 867. The molecule has 0 saturated carbocycles. The SMILES string of the molecule is CCCc1cc(OC)c(-c2c(C)cc(F)c3c2CC(=O)N3CC)c(OC)c1. The van der Waals surface area contributed by atoms with Gasteiger partial charge in [-0.3, -0.25) is 4.79 Å². The minimum absolute atomic E-state index is 0.0845. The van der Waals surface area contributed by atoms with Crippen LogP contribution in [0.25, 0.3) is 11.1 Å². The molecule has 0 saturated heterocycles. The number of rotatable bonds is 6. The number of likely N-dealkylation sites (N-methyl/N-ethyl adjacent to an activating group) is 1. The van der Waals surface area contributed by atoms with Crippen LogP contribution in [0.3, 0.4) is 0 Å². The van der Waals surface area contributed by atoms with E-state index in [2.05, 4.69) is 6.92 Å². The monoisotopic (exact) mass is 371 g/mol. The third kappa shape index (κ3) is 3.15. The van der Waals surface area contributed by atoms with Gasteiger partial charge in [-0.25, -0.2) is 4.39 Å². The highest BCUT2D eigenvalue weighted by atomic mass is 19.1. The quantitative estimate of drug-likeness (QED) is 0.740. The summed E-state index contributed by atoms with van der Waals surface area (Å²) in [6.07, 6.45) is 2.10. The third-order valence-electron chi connectivity index (χ3n) is 5.12. The Morgan fingerprint density at radius 1 is 1.07 bits per heavy atom. The predicted molar refractivity (Wildman–Crippen MR) is 105 cm³/mol. The molecule has 0 N–H and O–H groups in total. The van der Waals surface area contributed by atoms with Crippen LogP contribution >= 0.6 is 0 Å². The molecule has 144 valence electrons. The van der Waals surface area contributed by atoms with E-state index in [1.807, 2.05) is 26.0 Å². The number of hydrogen-bond donors (Lipinski definition) is 0. The predicted octanol–water partition coefficient (Wildman–Crippen LogP) is 4.68. The Hall–Kier alpha value is -2.56. The minimum atomic E-state index is -0.362. The summed E-state index contributed by atoms with van der Waals surface area (Å²) in [5.74, 6) is 0.910. The summed E-state index contributed by atoms with van der Waals surface area (Å²) in [6.45, 7) is 6.27. The number of amides is 1. The molecule has 1 amide bonds. The van der Waals surface area contributed by atoms with Crippen LogP contribution in [-0.2, 0) is 17.6 Å². The number of anilines is 1. The molecule has 3 rings (SSSR count). The van der Waals surface area contributed by atoms with Gasteiger partial charge in [0.25, 0.3) is 0 Å². The molecule has 4 nitrogen and oxygen atoms in total. The van der Waals surface area contributed by atoms with Gasteiger partial charge in [0.05, 0.1) is 31.9 Å². The van der Waals surface area contributed by atoms with Crippen LogP contribution in [0.1, 0.15) is 37.0 Å². The second-order valence-corrected chi connectivity index (χ2v) is 6.82. The van der Waals surface area contributed by atoms with E-state index in [4.69, 9.17) is 9.47 Å². The summed E-state index contributed by atoms with van der Waals surface area (Å²) in [5.41, 5.74) is 4.57. The summed E-state index contributed by atoms with van der Waals surface area (Å²) >= 11 is 0. The Morgan fingerprint density at radius 2 is 1.70 bits per heavy atom. The highest BCUT2D eigenvalue weighted by Gasteiger charge is 2.34. The minimum Gasteiger partial charge on any atom is -0.496 e. The summed E-state index contributed by atoms with van der Waals surface area (Å²) in [5, 5.41) is 0. The van der Waals surface area contributed by atoms with Crippen molar-refractivity contribution in [1.82, 2.24) is 0 Å². The van der Waals surface area contributed by atoms with Crippen molar-refractivity contribution in [2.75, 3.05) is 25.7 Å². The number of carbonyl (C=O) groups excluding carboxylic acids is 1. The van der Waals surface area contributed by atoms with Crippen LogP contribution in [0.2, 0.25) is 0 Å². The molecule has 0 unspecified atom stereocenters. The molecule has 1 aliphatic rings. The van der Waals surface area contributed by atoms with Crippen LogP contribution in [0.5, 0.6) is 11.5 Å². The summed E-state index contributed by atoms with van der Waals surface area (Å²) in [4.78, 5) is 14.0. The molecule has 0 radical (unpaired) electrons. The zero-order valence-corrected chi connectivity index (χ0v) is 16.6. The average molecular weight is 371 g/mol. The Kier molecular flexibility index (Phi) is 5.40. The highest BCUT2D eigenvalue weighted by molar-refractivity contribution is 6.05. The number of fused-ring (bicyclic) bond motifs is 1. The molecule has 2 aromatic rings. The zero-order valence-electron chi connectivity index (χ0n) is 16.6. The molecular weight excluding hydrogens is 345 g/mol. The molecule has 0 fully saturated rings.